The molecule has 1 fully saturated rings. The maximum absolute atomic E-state index is 11.5. The molecule has 3 nitrogen and oxygen atoms in total. The van der Waals surface area contributed by atoms with Crippen LogP contribution in [0.25, 0.3) is 0 Å². The van der Waals surface area contributed by atoms with Gasteiger partial charge in [0.15, 0.2) is 0 Å². The Balaban J connectivity index is 2.62. The summed E-state index contributed by atoms with van der Waals surface area (Å²) in [6, 6.07) is 0.598. The number of aliphatic carboxylic acids is 1. The molecular formula is C14H27NO2. The molecular weight excluding hydrogens is 214 g/mol. The van der Waals surface area contributed by atoms with Crippen LogP contribution in [0.3, 0.4) is 0 Å². The van der Waals surface area contributed by atoms with Gasteiger partial charge in [0.2, 0.25) is 0 Å². The third kappa shape index (κ3) is 3.44. The molecule has 3 heteroatoms. The maximum atomic E-state index is 11.5. The third-order valence-corrected chi connectivity index (χ3v) is 4.56. The van der Waals surface area contributed by atoms with Crippen LogP contribution in [0.1, 0.15) is 58.8 Å². The fraction of sp³-hybridized carbons (Fsp3) is 0.929. The molecule has 0 bridgehead atoms. The second-order valence-corrected chi connectivity index (χ2v) is 5.50. The van der Waals surface area contributed by atoms with E-state index in [1.54, 1.807) is 0 Å². The Morgan fingerprint density at radius 1 is 1.24 bits per heavy atom. The number of hydrogen-bond acceptors (Lipinski definition) is 2. The van der Waals surface area contributed by atoms with Crippen LogP contribution in [-0.2, 0) is 4.79 Å². The molecule has 1 N–H and O–H groups in total. The molecule has 0 amide bonds. The molecule has 0 saturated heterocycles. The summed E-state index contributed by atoms with van der Waals surface area (Å²) in [6.07, 6.45) is 7.85. The van der Waals surface area contributed by atoms with Crippen molar-refractivity contribution in [2.75, 3.05) is 13.6 Å². The summed E-state index contributed by atoms with van der Waals surface area (Å²) in [7, 11) is 2.10. The van der Waals surface area contributed by atoms with Gasteiger partial charge >= 0.3 is 5.97 Å². The highest BCUT2D eigenvalue weighted by Crippen LogP contribution is 2.30. The monoisotopic (exact) mass is 241 g/mol. The fourth-order valence-corrected chi connectivity index (χ4v) is 2.97. The van der Waals surface area contributed by atoms with Gasteiger partial charge < -0.3 is 10.0 Å². The van der Waals surface area contributed by atoms with Crippen molar-refractivity contribution in [1.82, 2.24) is 4.90 Å². The Kier molecular flexibility index (Phi) is 5.44. The molecule has 1 rings (SSSR count). The Hall–Kier alpha value is -0.570. The van der Waals surface area contributed by atoms with Crippen molar-refractivity contribution in [2.24, 2.45) is 5.41 Å². The van der Waals surface area contributed by atoms with Crippen LogP contribution in [0.15, 0.2) is 0 Å². The predicted octanol–water partition coefficient (Wildman–Crippen LogP) is 3.14. The van der Waals surface area contributed by atoms with E-state index in [0.29, 0.717) is 12.6 Å². The minimum absolute atomic E-state index is 0.549. The van der Waals surface area contributed by atoms with Crippen LogP contribution < -0.4 is 0 Å². The molecule has 0 aliphatic heterocycles. The lowest BCUT2D eigenvalue weighted by atomic mass is 9.81. The average molecular weight is 241 g/mol. The summed E-state index contributed by atoms with van der Waals surface area (Å²) in [5.74, 6) is -0.634. The second kappa shape index (κ2) is 6.39. The molecule has 0 aromatic carbocycles. The van der Waals surface area contributed by atoms with Crippen molar-refractivity contribution < 1.29 is 9.90 Å². The van der Waals surface area contributed by atoms with Gasteiger partial charge in [-0.3, -0.25) is 4.79 Å². The smallest absolute Gasteiger partial charge is 0.310 e. The summed E-state index contributed by atoms with van der Waals surface area (Å²) in [6.45, 7) is 4.68. The number of rotatable bonds is 6. The molecule has 17 heavy (non-hydrogen) atoms. The zero-order valence-corrected chi connectivity index (χ0v) is 11.5. The number of nitrogens with zero attached hydrogens (tertiary/aromatic N) is 1. The number of hydrogen-bond donors (Lipinski definition) is 1. The first-order valence-corrected chi connectivity index (χ1v) is 6.99. The van der Waals surface area contributed by atoms with Gasteiger partial charge in [0.1, 0.15) is 0 Å². The van der Waals surface area contributed by atoms with Crippen LogP contribution >= 0.6 is 0 Å². The SMILES string of the molecule is CCC(CC)(CN(C)C1CCCCC1)C(=O)O. The van der Waals surface area contributed by atoms with E-state index >= 15 is 0 Å². The van der Waals surface area contributed by atoms with E-state index in [0.717, 1.165) is 12.8 Å². The van der Waals surface area contributed by atoms with Gasteiger partial charge in [0.05, 0.1) is 5.41 Å². The first-order chi connectivity index (χ1) is 8.05. The molecule has 0 radical (unpaired) electrons. The highest BCUT2D eigenvalue weighted by Gasteiger charge is 2.37. The van der Waals surface area contributed by atoms with Crippen molar-refractivity contribution in [3.8, 4) is 0 Å². The quantitative estimate of drug-likeness (QED) is 0.776. The maximum Gasteiger partial charge on any atom is 0.310 e. The Morgan fingerprint density at radius 3 is 2.18 bits per heavy atom. The van der Waals surface area contributed by atoms with Gasteiger partial charge in [-0.15, -0.1) is 0 Å². The summed E-state index contributed by atoms with van der Waals surface area (Å²) >= 11 is 0. The highest BCUT2D eigenvalue weighted by atomic mass is 16.4. The van der Waals surface area contributed by atoms with Crippen molar-refractivity contribution >= 4 is 5.97 Å². The zero-order valence-electron chi connectivity index (χ0n) is 11.5. The molecule has 1 saturated carbocycles. The van der Waals surface area contributed by atoms with E-state index in [9.17, 15) is 9.90 Å². The molecule has 0 heterocycles. The van der Waals surface area contributed by atoms with Crippen LogP contribution in [0.5, 0.6) is 0 Å². The minimum atomic E-state index is -0.634. The predicted molar refractivity (Wildman–Crippen MR) is 70.2 cm³/mol. The van der Waals surface area contributed by atoms with Crippen LogP contribution in [0.2, 0.25) is 0 Å². The van der Waals surface area contributed by atoms with Gasteiger partial charge in [-0.2, -0.15) is 0 Å². The van der Waals surface area contributed by atoms with Crippen molar-refractivity contribution in [3.63, 3.8) is 0 Å². The number of carboxylic acid groups (broad SMARTS) is 1. The number of carboxylic acids is 1. The Morgan fingerprint density at radius 2 is 1.76 bits per heavy atom. The van der Waals surface area contributed by atoms with Gasteiger partial charge in [-0.05, 0) is 32.7 Å². The van der Waals surface area contributed by atoms with E-state index in [1.165, 1.54) is 32.1 Å². The molecule has 100 valence electrons. The second-order valence-electron chi connectivity index (χ2n) is 5.50. The molecule has 0 atom stereocenters. The normalized spacial score (nSPS) is 18.6. The fourth-order valence-electron chi connectivity index (χ4n) is 2.97. The molecule has 0 aromatic rings. The summed E-state index contributed by atoms with van der Waals surface area (Å²) in [5, 5.41) is 9.44. The minimum Gasteiger partial charge on any atom is -0.481 e. The summed E-state index contributed by atoms with van der Waals surface area (Å²) < 4.78 is 0. The van der Waals surface area contributed by atoms with Crippen LogP contribution in [0, 0.1) is 5.41 Å². The van der Waals surface area contributed by atoms with Crippen LogP contribution in [0.4, 0.5) is 0 Å². The lowest BCUT2D eigenvalue weighted by molar-refractivity contribution is -0.151. The first-order valence-electron chi connectivity index (χ1n) is 6.99. The largest absolute Gasteiger partial charge is 0.481 e. The van der Waals surface area contributed by atoms with Gasteiger partial charge in [-0.25, -0.2) is 0 Å². The van der Waals surface area contributed by atoms with E-state index in [2.05, 4.69) is 11.9 Å². The number of carbonyl (C=O) groups is 1. The van der Waals surface area contributed by atoms with E-state index in [-0.39, 0.29) is 0 Å². The Labute approximate surface area is 105 Å². The molecule has 1 aliphatic carbocycles. The van der Waals surface area contributed by atoms with Gasteiger partial charge in [-0.1, -0.05) is 33.1 Å². The average Bonchev–Trinajstić information content (AvgIpc) is 2.36. The zero-order chi connectivity index (χ0) is 12.9. The lowest BCUT2D eigenvalue weighted by Crippen LogP contribution is -2.45. The van der Waals surface area contributed by atoms with Crippen LogP contribution in [-0.4, -0.2) is 35.6 Å². The van der Waals surface area contributed by atoms with Crippen molar-refractivity contribution in [2.45, 2.75) is 64.8 Å². The van der Waals surface area contributed by atoms with E-state index < -0.39 is 11.4 Å². The topological polar surface area (TPSA) is 40.5 Å². The molecule has 0 spiro atoms. The molecule has 0 unspecified atom stereocenters. The lowest BCUT2D eigenvalue weighted by Gasteiger charge is -2.37. The standard InChI is InChI=1S/C14H27NO2/c1-4-14(5-2,13(16)17)11-15(3)12-9-7-6-8-10-12/h12H,4-11H2,1-3H3,(H,16,17). The van der Waals surface area contributed by atoms with Gasteiger partial charge in [0, 0.05) is 12.6 Å². The van der Waals surface area contributed by atoms with Crippen molar-refractivity contribution in [3.05, 3.63) is 0 Å². The van der Waals surface area contributed by atoms with E-state index in [4.69, 9.17) is 0 Å². The highest BCUT2D eigenvalue weighted by molar-refractivity contribution is 5.74. The van der Waals surface area contributed by atoms with Crippen molar-refractivity contribution in [1.29, 1.82) is 0 Å². The third-order valence-electron chi connectivity index (χ3n) is 4.56. The Bertz CT molecular complexity index is 243. The molecule has 0 aromatic heterocycles. The van der Waals surface area contributed by atoms with E-state index in [1.807, 2.05) is 13.8 Å². The summed E-state index contributed by atoms with van der Waals surface area (Å²) in [4.78, 5) is 13.8. The van der Waals surface area contributed by atoms with Gasteiger partial charge in [0.25, 0.3) is 0 Å². The first kappa shape index (κ1) is 14.5. The summed E-state index contributed by atoms with van der Waals surface area (Å²) in [5.41, 5.74) is -0.549. The molecule has 1 aliphatic rings.